The van der Waals surface area contributed by atoms with Crippen LogP contribution < -0.4 is 21.3 Å². The van der Waals surface area contributed by atoms with Crippen molar-refractivity contribution < 1.29 is 19.1 Å². The lowest BCUT2D eigenvalue weighted by molar-refractivity contribution is -0.123. The van der Waals surface area contributed by atoms with Crippen LogP contribution in [0.4, 0.5) is 16.2 Å². The zero-order valence-electron chi connectivity index (χ0n) is 11.3. The highest BCUT2D eigenvalue weighted by Gasteiger charge is 2.23. The van der Waals surface area contributed by atoms with Crippen LogP contribution in [-0.2, 0) is 14.3 Å². The minimum atomic E-state index is -0.409. The number of nitrogens with two attached hydrogens (primary N) is 1. The molecule has 1 fully saturated rings. The first-order valence-electron chi connectivity index (χ1n) is 6.41. The van der Waals surface area contributed by atoms with Gasteiger partial charge in [-0.1, -0.05) is 6.07 Å². The Morgan fingerprint density at radius 2 is 2.14 bits per heavy atom. The summed E-state index contributed by atoms with van der Waals surface area (Å²) in [6.45, 7) is 0.495. The van der Waals surface area contributed by atoms with Crippen molar-refractivity contribution in [2.45, 2.75) is 0 Å². The summed E-state index contributed by atoms with van der Waals surface area (Å²) < 4.78 is 4.86. The van der Waals surface area contributed by atoms with E-state index in [1.165, 1.54) is 4.90 Å². The number of benzene rings is 1. The Balaban J connectivity index is 1.96. The van der Waals surface area contributed by atoms with Gasteiger partial charge in [-0.25, -0.2) is 4.79 Å². The second-order valence-corrected chi connectivity index (χ2v) is 4.35. The van der Waals surface area contributed by atoms with E-state index in [2.05, 4.69) is 10.6 Å². The van der Waals surface area contributed by atoms with Gasteiger partial charge in [0, 0.05) is 11.4 Å². The number of ether oxygens (including phenoxy) is 1. The smallest absolute Gasteiger partial charge is 0.414 e. The maximum Gasteiger partial charge on any atom is 0.414 e. The maximum atomic E-state index is 11.7. The van der Waals surface area contributed by atoms with Crippen molar-refractivity contribution in [2.24, 2.45) is 5.73 Å². The van der Waals surface area contributed by atoms with Gasteiger partial charge in [-0.2, -0.15) is 0 Å². The standard InChI is InChI=1S/C13H16N4O4/c14-7-11(18)15-8-12(19)16-9-2-1-3-10(6-9)17-4-5-21-13(17)20/h1-3,6H,4-5,7-8,14H2,(H,15,18)(H,16,19). The van der Waals surface area contributed by atoms with Gasteiger partial charge >= 0.3 is 6.09 Å². The zero-order chi connectivity index (χ0) is 15.2. The van der Waals surface area contributed by atoms with E-state index in [9.17, 15) is 14.4 Å². The SMILES string of the molecule is NCC(=O)NCC(=O)Nc1cccc(N2CCOC2=O)c1. The molecule has 0 unspecified atom stereocenters. The number of carbonyl (C=O) groups is 3. The fourth-order valence-electron chi connectivity index (χ4n) is 1.84. The molecule has 1 heterocycles. The second kappa shape index (κ2) is 6.71. The molecule has 1 aliphatic rings. The quantitative estimate of drug-likeness (QED) is 0.687. The van der Waals surface area contributed by atoms with Crippen molar-refractivity contribution in [2.75, 3.05) is 36.5 Å². The van der Waals surface area contributed by atoms with Crippen LogP contribution in [0.25, 0.3) is 0 Å². The minimum Gasteiger partial charge on any atom is -0.447 e. The van der Waals surface area contributed by atoms with E-state index in [-0.39, 0.29) is 19.0 Å². The molecule has 1 aromatic carbocycles. The van der Waals surface area contributed by atoms with E-state index in [1.54, 1.807) is 24.3 Å². The number of nitrogens with zero attached hydrogens (tertiary/aromatic N) is 1. The molecule has 0 saturated carbocycles. The highest BCUT2D eigenvalue weighted by molar-refractivity contribution is 5.96. The molecule has 0 aromatic heterocycles. The van der Waals surface area contributed by atoms with Crippen molar-refractivity contribution in [3.63, 3.8) is 0 Å². The molecule has 21 heavy (non-hydrogen) atoms. The first-order chi connectivity index (χ1) is 10.1. The predicted octanol–water partition coefficient (Wildman–Crippen LogP) is -0.343. The molecule has 1 aromatic rings. The van der Waals surface area contributed by atoms with E-state index in [4.69, 9.17) is 10.5 Å². The van der Waals surface area contributed by atoms with Crippen LogP contribution in [0.15, 0.2) is 24.3 Å². The Labute approximate surface area is 121 Å². The number of nitrogens with one attached hydrogen (secondary N) is 2. The summed E-state index contributed by atoms with van der Waals surface area (Å²) in [4.78, 5) is 35.6. The zero-order valence-corrected chi connectivity index (χ0v) is 11.3. The van der Waals surface area contributed by atoms with Gasteiger partial charge in [0.25, 0.3) is 0 Å². The van der Waals surface area contributed by atoms with E-state index >= 15 is 0 Å². The number of amides is 3. The Morgan fingerprint density at radius 1 is 1.33 bits per heavy atom. The summed E-state index contributed by atoms with van der Waals surface area (Å²) in [5, 5.41) is 5.00. The van der Waals surface area contributed by atoms with Crippen LogP contribution in [0.2, 0.25) is 0 Å². The largest absolute Gasteiger partial charge is 0.447 e. The molecule has 2 rings (SSSR count). The van der Waals surface area contributed by atoms with Crippen molar-refractivity contribution in [1.82, 2.24) is 5.32 Å². The van der Waals surface area contributed by atoms with Crippen LogP contribution in [0.5, 0.6) is 0 Å². The van der Waals surface area contributed by atoms with Gasteiger partial charge < -0.3 is 21.1 Å². The first-order valence-corrected chi connectivity index (χ1v) is 6.41. The second-order valence-electron chi connectivity index (χ2n) is 4.35. The third-order valence-corrected chi connectivity index (χ3v) is 2.83. The molecule has 8 nitrogen and oxygen atoms in total. The van der Waals surface area contributed by atoms with Crippen LogP contribution in [0.1, 0.15) is 0 Å². The molecule has 0 spiro atoms. The van der Waals surface area contributed by atoms with E-state index in [0.29, 0.717) is 24.5 Å². The van der Waals surface area contributed by atoms with Gasteiger partial charge in [-0.3, -0.25) is 14.5 Å². The van der Waals surface area contributed by atoms with E-state index < -0.39 is 12.0 Å². The van der Waals surface area contributed by atoms with Crippen molar-refractivity contribution in [3.8, 4) is 0 Å². The summed E-state index contributed by atoms with van der Waals surface area (Å²) in [6.07, 6.45) is -0.409. The number of cyclic esters (lactones) is 1. The van der Waals surface area contributed by atoms with Crippen molar-refractivity contribution in [3.05, 3.63) is 24.3 Å². The summed E-state index contributed by atoms with van der Waals surface area (Å²) >= 11 is 0. The first kappa shape index (κ1) is 14.8. The molecule has 1 aliphatic heterocycles. The Bertz CT molecular complexity index is 561. The molecular formula is C13H16N4O4. The Hall–Kier alpha value is -2.61. The number of hydrogen-bond acceptors (Lipinski definition) is 5. The number of rotatable bonds is 5. The van der Waals surface area contributed by atoms with Gasteiger partial charge in [-0.15, -0.1) is 0 Å². The topological polar surface area (TPSA) is 114 Å². The van der Waals surface area contributed by atoms with Gasteiger partial charge in [0.15, 0.2) is 0 Å². The molecule has 0 bridgehead atoms. The van der Waals surface area contributed by atoms with Crippen LogP contribution >= 0.6 is 0 Å². The van der Waals surface area contributed by atoms with E-state index in [0.717, 1.165) is 0 Å². The molecular weight excluding hydrogens is 276 g/mol. The molecule has 8 heteroatoms. The van der Waals surface area contributed by atoms with Gasteiger partial charge in [-0.05, 0) is 18.2 Å². The normalized spacial score (nSPS) is 13.8. The summed E-state index contributed by atoms with van der Waals surface area (Å²) in [5.41, 5.74) is 6.29. The predicted molar refractivity (Wildman–Crippen MR) is 75.8 cm³/mol. The molecule has 3 amide bonds. The van der Waals surface area contributed by atoms with Gasteiger partial charge in [0.1, 0.15) is 6.61 Å². The molecule has 0 aliphatic carbocycles. The lowest BCUT2D eigenvalue weighted by Crippen LogP contribution is -2.36. The third kappa shape index (κ3) is 3.93. The third-order valence-electron chi connectivity index (χ3n) is 2.83. The minimum absolute atomic E-state index is 0.161. The number of anilines is 2. The van der Waals surface area contributed by atoms with Crippen molar-refractivity contribution >= 4 is 29.3 Å². The fraction of sp³-hybridized carbons (Fsp3) is 0.308. The fourth-order valence-corrected chi connectivity index (χ4v) is 1.84. The van der Waals surface area contributed by atoms with Crippen LogP contribution in [0.3, 0.4) is 0 Å². The molecule has 4 N–H and O–H groups in total. The molecule has 0 radical (unpaired) electrons. The van der Waals surface area contributed by atoms with E-state index in [1.807, 2.05) is 0 Å². The highest BCUT2D eigenvalue weighted by Crippen LogP contribution is 2.22. The Morgan fingerprint density at radius 3 is 2.81 bits per heavy atom. The maximum absolute atomic E-state index is 11.7. The molecule has 112 valence electrons. The van der Waals surface area contributed by atoms with Gasteiger partial charge in [0.2, 0.25) is 11.8 Å². The van der Waals surface area contributed by atoms with Crippen LogP contribution in [0, 0.1) is 0 Å². The number of carbonyl (C=O) groups excluding carboxylic acids is 3. The molecule has 0 atom stereocenters. The molecule has 1 saturated heterocycles. The van der Waals surface area contributed by atoms with Gasteiger partial charge in [0.05, 0.1) is 19.6 Å². The lowest BCUT2D eigenvalue weighted by atomic mass is 10.2. The number of hydrogen-bond donors (Lipinski definition) is 3. The highest BCUT2D eigenvalue weighted by atomic mass is 16.6. The average Bonchev–Trinajstić information content (AvgIpc) is 2.91. The monoisotopic (exact) mass is 292 g/mol. The summed E-state index contributed by atoms with van der Waals surface area (Å²) in [5.74, 6) is -0.781. The summed E-state index contributed by atoms with van der Waals surface area (Å²) in [6, 6.07) is 6.82. The average molecular weight is 292 g/mol. The lowest BCUT2D eigenvalue weighted by Gasteiger charge is -2.14. The van der Waals surface area contributed by atoms with Crippen molar-refractivity contribution in [1.29, 1.82) is 0 Å². The van der Waals surface area contributed by atoms with Crippen LogP contribution in [-0.4, -0.2) is 44.1 Å². The summed E-state index contributed by atoms with van der Waals surface area (Å²) in [7, 11) is 0. The Kier molecular flexibility index (Phi) is 4.72.